The van der Waals surface area contributed by atoms with Crippen molar-refractivity contribution >= 4 is 16.7 Å². The molecule has 1 aromatic carbocycles. The largest absolute Gasteiger partial charge is 0.469 e. The first kappa shape index (κ1) is 10.6. The van der Waals surface area contributed by atoms with Crippen LogP contribution in [0.1, 0.15) is 18.4 Å². The smallest absolute Gasteiger partial charge is 0.312 e. The third-order valence-electron chi connectivity index (χ3n) is 2.72. The molecule has 2 rings (SSSR count). The van der Waals surface area contributed by atoms with Crippen LogP contribution in [0.25, 0.3) is 10.8 Å². The number of nitrogens with zero attached hydrogens (tertiary/aromatic N) is 1. The van der Waals surface area contributed by atoms with Crippen molar-refractivity contribution in [1.82, 2.24) is 4.98 Å². The van der Waals surface area contributed by atoms with Crippen molar-refractivity contribution in [3.05, 3.63) is 42.2 Å². The highest BCUT2D eigenvalue weighted by molar-refractivity contribution is 5.90. The molecule has 3 heteroatoms. The Morgan fingerprint density at radius 3 is 2.81 bits per heavy atom. The van der Waals surface area contributed by atoms with Crippen LogP contribution in [0.5, 0.6) is 0 Å². The van der Waals surface area contributed by atoms with E-state index in [-0.39, 0.29) is 11.9 Å². The lowest BCUT2D eigenvalue weighted by atomic mass is 9.97. The van der Waals surface area contributed by atoms with Crippen LogP contribution in [-0.2, 0) is 9.53 Å². The van der Waals surface area contributed by atoms with Crippen LogP contribution in [0.3, 0.4) is 0 Å². The number of aromatic nitrogens is 1. The third-order valence-corrected chi connectivity index (χ3v) is 2.72. The zero-order valence-electron chi connectivity index (χ0n) is 9.31. The fraction of sp³-hybridized carbons (Fsp3) is 0.231. The fourth-order valence-corrected chi connectivity index (χ4v) is 1.79. The summed E-state index contributed by atoms with van der Waals surface area (Å²) in [5.74, 6) is -0.526. The molecule has 0 radical (unpaired) electrons. The van der Waals surface area contributed by atoms with Crippen molar-refractivity contribution in [3.63, 3.8) is 0 Å². The molecule has 3 nitrogen and oxygen atoms in total. The van der Waals surface area contributed by atoms with Crippen LogP contribution < -0.4 is 0 Å². The Kier molecular flexibility index (Phi) is 2.86. The number of rotatable bonds is 2. The quantitative estimate of drug-likeness (QED) is 0.722. The summed E-state index contributed by atoms with van der Waals surface area (Å²) in [5.41, 5.74) is 0.907. The van der Waals surface area contributed by atoms with Gasteiger partial charge in [-0.05, 0) is 17.9 Å². The zero-order chi connectivity index (χ0) is 11.5. The topological polar surface area (TPSA) is 39.2 Å². The molecule has 16 heavy (non-hydrogen) atoms. The van der Waals surface area contributed by atoms with Gasteiger partial charge in [-0.25, -0.2) is 0 Å². The Morgan fingerprint density at radius 1 is 1.31 bits per heavy atom. The molecular weight excluding hydrogens is 202 g/mol. The average molecular weight is 215 g/mol. The first-order valence-electron chi connectivity index (χ1n) is 5.14. The maximum atomic E-state index is 11.5. The van der Waals surface area contributed by atoms with Gasteiger partial charge in [0.25, 0.3) is 0 Å². The highest BCUT2D eigenvalue weighted by Gasteiger charge is 2.17. The molecule has 2 aromatic rings. The molecule has 0 N–H and O–H groups in total. The lowest BCUT2D eigenvalue weighted by molar-refractivity contribution is -0.141. The molecule has 0 saturated heterocycles. The third kappa shape index (κ3) is 1.76. The van der Waals surface area contributed by atoms with Gasteiger partial charge < -0.3 is 4.74 Å². The maximum Gasteiger partial charge on any atom is 0.312 e. The summed E-state index contributed by atoms with van der Waals surface area (Å²) in [6.45, 7) is 1.83. The molecule has 0 aliphatic carbocycles. The molecule has 0 saturated carbocycles. The zero-order valence-corrected chi connectivity index (χ0v) is 9.31. The summed E-state index contributed by atoms with van der Waals surface area (Å²) >= 11 is 0. The predicted octanol–water partition coefficient (Wildman–Crippen LogP) is 2.51. The Balaban J connectivity index is 2.56. The van der Waals surface area contributed by atoms with E-state index in [1.807, 2.05) is 31.2 Å². The second-order valence-corrected chi connectivity index (χ2v) is 3.69. The van der Waals surface area contributed by atoms with E-state index >= 15 is 0 Å². The molecule has 1 aromatic heterocycles. The normalized spacial score (nSPS) is 12.4. The number of methoxy groups -OCH3 is 1. The van der Waals surface area contributed by atoms with Gasteiger partial charge in [0.2, 0.25) is 0 Å². The van der Waals surface area contributed by atoms with Crippen LogP contribution in [0.2, 0.25) is 0 Å². The van der Waals surface area contributed by atoms with Crippen LogP contribution in [0.4, 0.5) is 0 Å². The van der Waals surface area contributed by atoms with Crippen molar-refractivity contribution in [2.24, 2.45) is 0 Å². The number of hydrogen-bond acceptors (Lipinski definition) is 3. The molecule has 1 unspecified atom stereocenters. The number of esters is 1. The number of carbonyl (C=O) groups is 1. The number of pyridine rings is 1. The monoisotopic (exact) mass is 215 g/mol. The van der Waals surface area contributed by atoms with Gasteiger partial charge in [0.1, 0.15) is 0 Å². The van der Waals surface area contributed by atoms with Gasteiger partial charge in [-0.15, -0.1) is 0 Å². The van der Waals surface area contributed by atoms with Gasteiger partial charge >= 0.3 is 5.97 Å². The van der Waals surface area contributed by atoms with Crippen molar-refractivity contribution in [3.8, 4) is 0 Å². The lowest BCUT2D eigenvalue weighted by Crippen LogP contribution is -2.11. The highest BCUT2D eigenvalue weighted by atomic mass is 16.5. The van der Waals surface area contributed by atoms with E-state index in [1.54, 1.807) is 12.4 Å². The predicted molar refractivity (Wildman–Crippen MR) is 62.2 cm³/mol. The first-order valence-corrected chi connectivity index (χ1v) is 5.14. The highest BCUT2D eigenvalue weighted by Crippen LogP contribution is 2.24. The molecule has 0 fully saturated rings. The first-order chi connectivity index (χ1) is 7.74. The molecule has 82 valence electrons. The molecule has 1 atom stereocenters. The minimum atomic E-state index is -0.288. The number of fused-ring (bicyclic) bond motifs is 1. The average Bonchev–Trinajstić information content (AvgIpc) is 2.36. The van der Waals surface area contributed by atoms with Crippen molar-refractivity contribution < 1.29 is 9.53 Å². The minimum absolute atomic E-state index is 0.238. The van der Waals surface area contributed by atoms with Gasteiger partial charge in [0, 0.05) is 17.8 Å². The van der Waals surface area contributed by atoms with Crippen molar-refractivity contribution in [2.45, 2.75) is 12.8 Å². The van der Waals surface area contributed by atoms with Crippen molar-refractivity contribution in [1.29, 1.82) is 0 Å². The molecular formula is C13H13NO2. The number of hydrogen-bond donors (Lipinski definition) is 0. The van der Waals surface area contributed by atoms with E-state index in [2.05, 4.69) is 4.98 Å². The van der Waals surface area contributed by atoms with E-state index < -0.39 is 0 Å². The maximum absolute atomic E-state index is 11.5. The summed E-state index contributed by atoms with van der Waals surface area (Å²) in [6.07, 6.45) is 3.52. The van der Waals surface area contributed by atoms with Gasteiger partial charge in [-0.3, -0.25) is 9.78 Å². The molecule has 1 heterocycles. The Morgan fingerprint density at radius 2 is 2.06 bits per heavy atom. The second kappa shape index (κ2) is 4.31. The number of ether oxygens (including phenoxy) is 1. The summed E-state index contributed by atoms with van der Waals surface area (Å²) in [4.78, 5) is 15.6. The summed E-state index contributed by atoms with van der Waals surface area (Å²) in [5, 5.41) is 2.09. The van der Waals surface area contributed by atoms with Crippen LogP contribution in [0, 0.1) is 0 Å². The Bertz CT molecular complexity index is 517. The molecule has 0 aliphatic heterocycles. The molecule has 0 spiro atoms. The molecule has 0 bridgehead atoms. The molecule has 0 amide bonds. The van der Waals surface area contributed by atoms with Gasteiger partial charge in [-0.1, -0.05) is 24.3 Å². The summed E-state index contributed by atoms with van der Waals surface area (Å²) in [7, 11) is 1.40. The Hall–Kier alpha value is -1.90. The standard InChI is InChI=1S/C13H13NO2/c1-9(13(15)16-2)12-8-14-7-10-5-3-4-6-11(10)12/h3-9H,1-2H3. The van der Waals surface area contributed by atoms with E-state index in [0.717, 1.165) is 16.3 Å². The van der Waals surface area contributed by atoms with Gasteiger partial charge in [0.15, 0.2) is 0 Å². The molecule has 0 aliphatic rings. The summed E-state index contributed by atoms with van der Waals surface area (Å²) < 4.78 is 4.75. The minimum Gasteiger partial charge on any atom is -0.469 e. The van der Waals surface area contributed by atoms with Crippen molar-refractivity contribution in [2.75, 3.05) is 7.11 Å². The van der Waals surface area contributed by atoms with Crippen LogP contribution in [-0.4, -0.2) is 18.1 Å². The summed E-state index contributed by atoms with van der Waals surface area (Å²) in [6, 6.07) is 7.88. The fourth-order valence-electron chi connectivity index (χ4n) is 1.79. The van der Waals surface area contributed by atoms with Crippen LogP contribution >= 0.6 is 0 Å². The number of benzene rings is 1. The number of carbonyl (C=O) groups excluding carboxylic acids is 1. The van der Waals surface area contributed by atoms with E-state index in [1.165, 1.54) is 7.11 Å². The van der Waals surface area contributed by atoms with E-state index in [4.69, 9.17) is 4.74 Å². The van der Waals surface area contributed by atoms with Gasteiger partial charge in [-0.2, -0.15) is 0 Å². The SMILES string of the molecule is COC(=O)C(C)c1cncc2ccccc12. The second-order valence-electron chi connectivity index (χ2n) is 3.69. The van der Waals surface area contributed by atoms with E-state index in [9.17, 15) is 4.79 Å². The van der Waals surface area contributed by atoms with E-state index in [0.29, 0.717) is 0 Å². The van der Waals surface area contributed by atoms with Crippen LogP contribution in [0.15, 0.2) is 36.7 Å². The Labute approximate surface area is 94.1 Å². The van der Waals surface area contributed by atoms with Gasteiger partial charge in [0.05, 0.1) is 13.0 Å². The lowest BCUT2D eigenvalue weighted by Gasteiger charge is -2.11.